The van der Waals surface area contributed by atoms with Crippen LogP contribution < -0.4 is 5.32 Å². The molecule has 2 aromatic carbocycles. The van der Waals surface area contributed by atoms with Gasteiger partial charge in [-0.25, -0.2) is 13.2 Å². The van der Waals surface area contributed by atoms with Crippen LogP contribution in [0.4, 0.5) is 18.9 Å². The average Bonchev–Trinajstić information content (AvgIpc) is 2.42. The monoisotopic (exact) mass is 319 g/mol. The van der Waals surface area contributed by atoms with Gasteiger partial charge in [-0.3, -0.25) is 0 Å². The van der Waals surface area contributed by atoms with E-state index in [2.05, 4.69) is 5.32 Å². The fraction of sp³-hybridized carbons (Fsp3) is 0.143. The normalized spacial score (nSPS) is 12.3. The SMILES string of the molecule is CC(Nc1ccc(F)c(F)c1F)c1cccc(Cl)c1Cl. The van der Waals surface area contributed by atoms with Crippen molar-refractivity contribution in [3.63, 3.8) is 0 Å². The maximum atomic E-state index is 13.6. The maximum absolute atomic E-state index is 13.6. The van der Waals surface area contributed by atoms with Crippen molar-refractivity contribution in [2.75, 3.05) is 5.32 Å². The predicted molar refractivity (Wildman–Crippen MR) is 74.8 cm³/mol. The zero-order valence-corrected chi connectivity index (χ0v) is 11.9. The Morgan fingerprint density at radius 1 is 1.00 bits per heavy atom. The number of nitrogens with one attached hydrogen (secondary N) is 1. The third kappa shape index (κ3) is 2.86. The smallest absolute Gasteiger partial charge is 0.196 e. The minimum absolute atomic E-state index is 0.146. The van der Waals surface area contributed by atoms with E-state index in [1.807, 2.05) is 0 Å². The number of halogens is 5. The van der Waals surface area contributed by atoms with E-state index >= 15 is 0 Å². The van der Waals surface area contributed by atoms with Crippen LogP contribution in [0.5, 0.6) is 0 Å². The summed E-state index contributed by atoms with van der Waals surface area (Å²) in [5.41, 5.74) is 0.482. The molecule has 2 aromatic rings. The Bertz CT molecular complexity index is 647. The van der Waals surface area contributed by atoms with Gasteiger partial charge in [0.05, 0.1) is 21.8 Å². The van der Waals surface area contributed by atoms with Crippen LogP contribution in [-0.4, -0.2) is 0 Å². The number of anilines is 1. The minimum atomic E-state index is -1.51. The van der Waals surface area contributed by atoms with Crippen LogP contribution in [0.1, 0.15) is 18.5 Å². The van der Waals surface area contributed by atoms with Crippen molar-refractivity contribution in [2.24, 2.45) is 0 Å². The lowest BCUT2D eigenvalue weighted by Gasteiger charge is -2.18. The zero-order chi connectivity index (χ0) is 14.9. The van der Waals surface area contributed by atoms with Gasteiger partial charge in [-0.2, -0.15) is 0 Å². The summed E-state index contributed by atoms with van der Waals surface area (Å²) < 4.78 is 39.6. The molecule has 20 heavy (non-hydrogen) atoms. The van der Waals surface area contributed by atoms with Gasteiger partial charge < -0.3 is 5.32 Å². The first-order valence-electron chi connectivity index (χ1n) is 5.75. The molecule has 0 fully saturated rings. The summed E-state index contributed by atoms with van der Waals surface area (Å²) in [6.07, 6.45) is 0. The number of hydrogen-bond donors (Lipinski definition) is 1. The third-order valence-corrected chi connectivity index (χ3v) is 3.69. The molecule has 0 bridgehead atoms. The summed E-state index contributed by atoms with van der Waals surface area (Å²) in [5.74, 6) is -4.02. The Morgan fingerprint density at radius 2 is 1.70 bits per heavy atom. The molecule has 0 aliphatic rings. The van der Waals surface area contributed by atoms with Crippen molar-refractivity contribution in [2.45, 2.75) is 13.0 Å². The van der Waals surface area contributed by atoms with Crippen LogP contribution in [0, 0.1) is 17.5 Å². The quantitative estimate of drug-likeness (QED) is 0.728. The molecule has 0 spiro atoms. The van der Waals surface area contributed by atoms with Crippen LogP contribution in [-0.2, 0) is 0 Å². The fourth-order valence-corrected chi connectivity index (χ4v) is 2.27. The first-order valence-corrected chi connectivity index (χ1v) is 6.51. The largest absolute Gasteiger partial charge is 0.376 e. The van der Waals surface area contributed by atoms with Crippen molar-refractivity contribution < 1.29 is 13.2 Å². The lowest BCUT2D eigenvalue weighted by atomic mass is 10.1. The van der Waals surface area contributed by atoms with E-state index in [1.54, 1.807) is 25.1 Å². The van der Waals surface area contributed by atoms with Gasteiger partial charge in [0, 0.05) is 0 Å². The van der Waals surface area contributed by atoms with Crippen molar-refractivity contribution in [1.29, 1.82) is 0 Å². The number of hydrogen-bond acceptors (Lipinski definition) is 1. The lowest BCUT2D eigenvalue weighted by Crippen LogP contribution is -2.10. The molecule has 1 N–H and O–H groups in total. The van der Waals surface area contributed by atoms with Crippen molar-refractivity contribution in [3.05, 3.63) is 63.4 Å². The summed E-state index contributed by atoms with van der Waals surface area (Å²) in [6, 6.07) is 6.58. The van der Waals surface area contributed by atoms with Gasteiger partial charge in [-0.15, -0.1) is 0 Å². The molecule has 1 unspecified atom stereocenters. The zero-order valence-electron chi connectivity index (χ0n) is 10.4. The molecule has 6 heteroatoms. The highest BCUT2D eigenvalue weighted by molar-refractivity contribution is 6.42. The second-order valence-electron chi connectivity index (χ2n) is 4.23. The second kappa shape index (κ2) is 5.94. The summed E-state index contributed by atoms with van der Waals surface area (Å²) in [6.45, 7) is 1.71. The van der Waals surface area contributed by atoms with Gasteiger partial charge in [0.15, 0.2) is 17.5 Å². The molecule has 0 saturated carbocycles. The fourth-order valence-electron chi connectivity index (χ4n) is 1.80. The maximum Gasteiger partial charge on any atom is 0.196 e. The van der Waals surface area contributed by atoms with Crippen LogP contribution in [0.25, 0.3) is 0 Å². The van der Waals surface area contributed by atoms with Gasteiger partial charge in [-0.1, -0.05) is 35.3 Å². The van der Waals surface area contributed by atoms with E-state index in [-0.39, 0.29) is 5.69 Å². The molecular weight excluding hydrogens is 310 g/mol. The van der Waals surface area contributed by atoms with E-state index in [0.717, 1.165) is 12.1 Å². The third-order valence-electron chi connectivity index (χ3n) is 2.86. The minimum Gasteiger partial charge on any atom is -0.376 e. The van der Waals surface area contributed by atoms with Gasteiger partial charge >= 0.3 is 0 Å². The van der Waals surface area contributed by atoms with Gasteiger partial charge in [0.25, 0.3) is 0 Å². The van der Waals surface area contributed by atoms with Crippen LogP contribution in [0.15, 0.2) is 30.3 Å². The van der Waals surface area contributed by atoms with Gasteiger partial charge in [-0.05, 0) is 30.7 Å². The van der Waals surface area contributed by atoms with E-state index in [0.29, 0.717) is 15.6 Å². The topological polar surface area (TPSA) is 12.0 Å². The number of benzene rings is 2. The van der Waals surface area contributed by atoms with Gasteiger partial charge in [0.2, 0.25) is 0 Å². The Kier molecular flexibility index (Phi) is 4.45. The molecule has 0 radical (unpaired) electrons. The lowest BCUT2D eigenvalue weighted by molar-refractivity contribution is 0.448. The number of rotatable bonds is 3. The molecule has 106 valence electrons. The summed E-state index contributed by atoms with van der Waals surface area (Å²) in [5, 5.41) is 3.43. The Labute approximate surface area is 124 Å². The van der Waals surface area contributed by atoms with Crippen molar-refractivity contribution in [3.8, 4) is 0 Å². The first kappa shape index (κ1) is 15.0. The van der Waals surface area contributed by atoms with Crippen molar-refractivity contribution >= 4 is 28.9 Å². The Hall–Kier alpha value is -1.39. The highest BCUT2D eigenvalue weighted by atomic mass is 35.5. The van der Waals surface area contributed by atoms with E-state index in [9.17, 15) is 13.2 Å². The second-order valence-corrected chi connectivity index (χ2v) is 5.02. The predicted octanol–water partition coefficient (Wildman–Crippen LogP) is 5.58. The highest BCUT2D eigenvalue weighted by Gasteiger charge is 2.17. The van der Waals surface area contributed by atoms with Crippen molar-refractivity contribution in [1.82, 2.24) is 0 Å². The van der Waals surface area contributed by atoms with Crippen LogP contribution >= 0.6 is 23.2 Å². The summed E-state index contributed by atoms with van der Waals surface area (Å²) >= 11 is 11.9. The van der Waals surface area contributed by atoms with E-state index in [1.165, 1.54) is 0 Å². The molecule has 0 saturated heterocycles. The molecule has 0 aliphatic carbocycles. The molecule has 1 nitrogen and oxygen atoms in total. The average molecular weight is 320 g/mol. The molecule has 0 aromatic heterocycles. The molecule has 2 rings (SSSR count). The molecular formula is C14H10Cl2F3N. The van der Waals surface area contributed by atoms with Crippen LogP contribution in [0.2, 0.25) is 10.0 Å². The molecule has 0 heterocycles. The Balaban J connectivity index is 2.30. The molecule has 0 aliphatic heterocycles. The molecule has 1 atom stereocenters. The summed E-state index contributed by atoms with van der Waals surface area (Å²) in [7, 11) is 0. The Morgan fingerprint density at radius 3 is 2.40 bits per heavy atom. The van der Waals surface area contributed by atoms with E-state index < -0.39 is 23.5 Å². The van der Waals surface area contributed by atoms with E-state index in [4.69, 9.17) is 23.2 Å². The molecule has 0 amide bonds. The summed E-state index contributed by atoms with van der Waals surface area (Å²) in [4.78, 5) is 0. The first-order chi connectivity index (χ1) is 9.41. The standard InChI is InChI=1S/C14H10Cl2F3N/c1-7(8-3-2-4-9(15)12(8)16)20-11-6-5-10(17)13(18)14(11)19/h2-7,20H,1H3. The van der Waals surface area contributed by atoms with Crippen LogP contribution in [0.3, 0.4) is 0 Å². The van der Waals surface area contributed by atoms with Gasteiger partial charge in [0.1, 0.15) is 0 Å². The highest BCUT2D eigenvalue weighted by Crippen LogP contribution is 2.32.